The zero-order valence-electron chi connectivity index (χ0n) is 19.9. The second-order valence-corrected chi connectivity index (χ2v) is 8.73. The van der Waals surface area contributed by atoms with E-state index in [-0.39, 0.29) is 17.9 Å². The summed E-state index contributed by atoms with van der Waals surface area (Å²) in [5.74, 6) is 0.713. The fourth-order valence-electron chi connectivity index (χ4n) is 4.29. The van der Waals surface area contributed by atoms with Crippen LogP contribution in [0.4, 0.5) is 16.4 Å². The molecule has 3 heterocycles. The number of carbonyl (C=O) groups excluding carboxylic acids is 2. The number of hydrogen-bond donors (Lipinski definition) is 1. The van der Waals surface area contributed by atoms with E-state index in [2.05, 4.69) is 25.2 Å². The molecule has 0 radical (unpaired) electrons. The van der Waals surface area contributed by atoms with Gasteiger partial charge < -0.3 is 15.1 Å². The maximum atomic E-state index is 13.4. The van der Waals surface area contributed by atoms with E-state index < -0.39 is 0 Å². The van der Waals surface area contributed by atoms with Crippen molar-refractivity contribution >= 4 is 23.5 Å². The molecule has 0 bridgehead atoms. The Kier molecular flexibility index (Phi) is 7.15. The van der Waals surface area contributed by atoms with Crippen LogP contribution in [0.25, 0.3) is 0 Å². The summed E-state index contributed by atoms with van der Waals surface area (Å²) >= 11 is 0. The molecule has 1 N–H and O–H groups in total. The number of rotatable bonds is 6. The fraction of sp³-hybridized carbons (Fsp3) is 0.346. The summed E-state index contributed by atoms with van der Waals surface area (Å²) in [6.45, 7) is 7.46. The van der Waals surface area contributed by atoms with Crippen LogP contribution in [0.3, 0.4) is 0 Å². The SMILES string of the molecule is CC(=O)c1cccc(NC(=O)N(Cc2cccnc2)C2CCN(c3nc(C)cc(C)n3)CC2)c1. The third kappa shape index (κ3) is 5.75. The maximum absolute atomic E-state index is 13.4. The molecule has 0 spiro atoms. The molecule has 1 aliphatic heterocycles. The third-order valence-electron chi connectivity index (χ3n) is 6.02. The first-order chi connectivity index (χ1) is 16.4. The number of aromatic nitrogens is 3. The van der Waals surface area contributed by atoms with Gasteiger partial charge in [0.15, 0.2) is 5.78 Å². The number of nitrogens with one attached hydrogen (secondary N) is 1. The van der Waals surface area contributed by atoms with Gasteiger partial charge in [-0.15, -0.1) is 0 Å². The number of Topliss-reactive ketones (excluding diaryl/α,β-unsaturated/α-hetero) is 1. The molecule has 4 rings (SSSR count). The van der Waals surface area contributed by atoms with Crippen molar-refractivity contribution in [3.63, 3.8) is 0 Å². The third-order valence-corrected chi connectivity index (χ3v) is 6.02. The van der Waals surface area contributed by atoms with Gasteiger partial charge >= 0.3 is 6.03 Å². The molecule has 1 fully saturated rings. The Balaban J connectivity index is 1.50. The molecule has 3 aromatic rings. The van der Waals surface area contributed by atoms with E-state index in [4.69, 9.17) is 0 Å². The Bertz CT molecular complexity index is 1140. The first kappa shape index (κ1) is 23.4. The molecule has 1 aliphatic rings. The first-order valence-corrected chi connectivity index (χ1v) is 11.5. The molecule has 0 aliphatic carbocycles. The van der Waals surface area contributed by atoms with Crippen LogP contribution in [0.2, 0.25) is 0 Å². The molecular formula is C26H30N6O2. The van der Waals surface area contributed by atoms with Crippen LogP contribution in [0.1, 0.15) is 47.1 Å². The molecule has 1 aromatic carbocycles. The van der Waals surface area contributed by atoms with E-state index in [0.29, 0.717) is 17.8 Å². The summed E-state index contributed by atoms with van der Waals surface area (Å²) in [6, 6.07) is 12.7. The predicted octanol–water partition coefficient (Wildman–Crippen LogP) is 4.39. The first-order valence-electron chi connectivity index (χ1n) is 11.5. The Morgan fingerprint density at radius 2 is 1.79 bits per heavy atom. The molecule has 0 saturated carbocycles. The summed E-state index contributed by atoms with van der Waals surface area (Å²) in [4.78, 5) is 42.6. The number of urea groups is 1. The lowest BCUT2D eigenvalue weighted by Gasteiger charge is -2.38. The number of carbonyl (C=O) groups is 2. The highest BCUT2D eigenvalue weighted by Gasteiger charge is 2.29. The highest BCUT2D eigenvalue weighted by Crippen LogP contribution is 2.23. The van der Waals surface area contributed by atoms with Crippen LogP contribution >= 0.6 is 0 Å². The standard InChI is InChI=1S/C26H30N6O2/c1-18-14-19(2)29-25(28-18)31-12-9-24(10-13-31)32(17-21-6-5-11-27-16-21)26(34)30-23-8-4-7-22(15-23)20(3)33/h4-8,11,14-16,24H,9-10,12-13,17H2,1-3H3,(H,30,34). The van der Waals surface area contributed by atoms with Crippen LogP contribution in [-0.2, 0) is 6.54 Å². The minimum atomic E-state index is -0.189. The van der Waals surface area contributed by atoms with Gasteiger partial charge in [0.25, 0.3) is 0 Å². The molecule has 2 amide bonds. The molecule has 176 valence electrons. The molecule has 0 atom stereocenters. The van der Waals surface area contributed by atoms with E-state index in [1.54, 1.807) is 36.7 Å². The smallest absolute Gasteiger partial charge is 0.322 e. The Morgan fingerprint density at radius 1 is 1.06 bits per heavy atom. The van der Waals surface area contributed by atoms with Gasteiger partial charge in [0.2, 0.25) is 5.95 Å². The van der Waals surface area contributed by atoms with Gasteiger partial charge in [-0.1, -0.05) is 18.2 Å². The number of anilines is 2. The van der Waals surface area contributed by atoms with Crippen molar-refractivity contribution in [3.8, 4) is 0 Å². The van der Waals surface area contributed by atoms with Crippen molar-refractivity contribution in [2.24, 2.45) is 0 Å². The van der Waals surface area contributed by atoms with Gasteiger partial charge in [-0.05, 0) is 63.4 Å². The van der Waals surface area contributed by atoms with Gasteiger partial charge in [0.05, 0.1) is 0 Å². The number of amides is 2. The average Bonchev–Trinajstić information content (AvgIpc) is 2.83. The van der Waals surface area contributed by atoms with Crippen molar-refractivity contribution in [2.45, 2.75) is 46.2 Å². The van der Waals surface area contributed by atoms with E-state index in [1.807, 2.05) is 36.9 Å². The lowest BCUT2D eigenvalue weighted by molar-refractivity contribution is 0.101. The normalized spacial score (nSPS) is 14.0. The van der Waals surface area contributed by atoms with Crippen LogP contribution < -0.4 is 10.2 Å². The van der Waals surface area contributed by atoms with E-state index in [9.17, 15) is 9.59 Å². The summed E-state index contributed by atoms with van der Waals surface area (Å²) in [5.41, 5.74) is 4.05. The number of pyridine rings is 1. The summed E-state index contributed by atoms with van der Waals surface area (Å²) < 4.78 is 0. The van der Waals surface area contributed by atoms with E-state index in [0.717, 1.165) is 48.8 Å². The largest absolute Gasteiger partial charge is 0.341 e. The highest BCUT2D eigenvalue weighted by atomic mass is 16.2. The number of benzene rings is 1. The average molecular weight is 459 g/mol. The summed E-state index contributed by atoms with van der Waals surface area (Å²) in [7, 11) is 0. The monoisotopic (exact) mass is 458 g/mol. The van der Waals surface area contributed by atoms with Crippen molar-refractivity contribution in [2.75, 3.05) is 23.3 Å². The van der Waals surface area contributed by atoms with E-state index >= 15 is 0 Å². The van der Waals surface area contributed by atoms with Crippen LogP contribution in [0.15, 0.2) is 54.9 Å². The lowest BCUT2D eigenvalue weighted by Crippen LogP contribution is -2.48. The lowest BCUT2D eigenvalue weighted by atomic mass is 10.0. The maximum Gasteiger partial charge on any atom is 0.322 e. The zero-order valence-corrected chi connectivity index (χ0v) is 19.9. The predicted molar refractivity (Wildman–Crippen MR) is 132 cm³/mol. The minimum Gasteiger partial charge on any atom is -0.341 e. The van der Waals surface area contributed by atoms with Gasteiger partial charge in [0.1, 0.15) is 0 Å². The van der Waals surface area contributed by atoms with Crippen molar-refractivity contribution in [1.82, 2.24) is 19.9 Å². The second kappa shape index (κ2) is 10.4. The number of piperidine rings is 1. The van der Waals surface area contributed by atoms with Crippen LogP contribution in [-0.4, -0.2) is 50.8 Å². The summed E-state index contributed by atoms with van der Waals surface area (Å²) in [6.07, 6.45) is 5.12. The second-order valence-electron chi connectivity index (χ2n) is 8.73. The molecular weight excluding hydrogens is 428 g/mol. The number of aryl methyl sites for hydroxylation is 2. The quantitative estimate of drug-likeness (QED) is 0.551. The Hall–Kier alpha value is -3.81. The molecule has 34 heavy (non-hydrogen) atoms. The number of ketones is 1. The van der Waals surface area contributed by atoms with Crippen LogP contribution in [0.5, 0.6) is 0 Å². The number of hydrogen-bond acceptors (Lipinski definition) is 6. The molecule has 8 heteroatoms. The van der Waals surface area contributed by atoms with Gasteiger partial charge in [0, 0.05) is 60.7 Å². The molecule has 1 saturated heterocycles. The van der Waals surface area contributed by atoms with Crippen molar-refractivity contribution in [1.29, 1.82) is 0 Å². The minimum absolute atomic E-state index is 0.0377. The van der Waals surface area contributed by atoms with Crippen molar-refractivity contribution < 1.29 is 9.59 Å². The van der Waals surface area contributed by atoms with Crippen molar-refractivity contribution in [3.05, 3.63) is 77.4 Å². The number of nitrogens with zero attached hydrogens (tertiary/aromatic N) is 5. The van der Waals surface area contributed by atoms with Gasteiger partial charge in [-0.2, -0.15) is 0 Å². The highest BCUT2D eigenvalue weighted by molar-refractivity contribution is 5.96. The van der Waals surface area contributed by atoms with Gasteiger partial charge in [-0.3, -0.25) is 9.78 Å². The molecule has 8 nitrogen and oxygen atoms in total. The van der Waals surface area contributed by atoms with Gasteiger partial charge in [-0.25, -0.2) is 14.8 Å². The molecule has 2 aromatic heterocycles. The topological polar surface area (TPSA) is 91.3 Å². The molecule has 0 unspecified atom stereocenters. The Morgan fingerprint density at radius 3 is 2.44 bits per heavy atom. The van der Waals surface area contributed by atoms with E-state index in [1.165, 1.54) is 6.92 Å². The zero-order chi connectivity index (χ0) is 24.1. The van der Waals surface area contributed by atoms with Crippen LogP contribution in [0, 0.1) is 13.8 Å². The summed E-state index contributed by atoms with van der Waals surface area (Å²) in [5, 5.41) is 2.99. The fourth-order valence-corrected chi connectivity index (χ4v) is 4.29. The Labute approximate surface area is 200 Å².